The zero-order valence-corrected chi connectivity index (χ0v) is 9.52. The maximum Gasteiger partial charge on any atom is 0.210 e. The molecule has 0 unspecified atom stereocenters. The van der Waals surface area contributed by atoms with Crippen LogP contribution in [0, 0.1) is 5.92 Å². The van der Waals surface area contributed by atoms with Gasteiger partial charge in [0.15, 0.2) is 0 Å². The molecule has 0 heterocycles. The van der Waals surface area contributed by atoms with Gasteiger partial charge in [0.25, 0.3) is 0 Å². The zero-order chi connectivity index (χ0) is 10.6. The van der Waals surface area contributed by atoms with E-state index < -0.39 is 10.0 Å². The second kappa shape index (κ2) is 5.09. The van der Waals surface area contributed by atoms with Crippen LogP contribution < -0.4 is 10.5 Å². The first-order valence-corrected chi connectivity index (χ1v) is 6.94. The minimum Gasteiger partial charge on any atom is -0.313 e. The maximum atomic E-state index is 10.7. The molecule has 1 aliphatic rings. The predicted molar refractivity (Wildman–Crippen MR) is 57.4 cm³/mol. The molecule has 4 nitrogen and oxygen atoms in total. The Morgan fingerprint density at radius 1 is 1.43 bits per heavy atom. The van der Waals surface area contributed by atoms with Crippen molar-refractivity contribution in [3.8, 4) is 0 Å². The fourth-order valence-corrected chi connectivity index (χ4v) is 2.46. The lowest BCUT2D eigenvalue weighted by molar-refractivity contribution is 0.389. The number of nitrogens with one attached hydrogen (secondary N) is 1. The third-order valence-electron chi connectivity index (χ3n) is 2.96. The second-order valence-corrected chi connectivity index (χ2v) is 5.89. The van der Waals surface area contributed by atoms with E-state index in [1.54, 1.807) is 0 Å². The van der Waals surface area contributed by atoms with E-state index in [4.69, 9.17) is 5.14 Å². The van der Waals surface area contributed by atoms with Crippen molar-refractivity contribution in [1.29, 1.82) is 0 Å². The number of hydrogen-bond acceptors (Lipinski definition) is 3. The van der Waals surface area contributed by atoms with Gasteiger partial charge in [0.05, 0.1) is 5.75 Å². The summed E-state index contributed by atoms with van der Waals surface area (Å²) in [4.78, 5) is 0. The Labute approximate surface area is 86.3 Å². The van der Waals surface area contributed by atoms with Crippen LogP contribution in [0.2, 0.25) is 0 Å². The van der Waals surface area contributed by atoms with Crippen molar-refractivity contribution in [2.45, 2.75) is 38.6 Å². The fourth-order valence-electron chi connectivity index (χ4n) is 2.05. The molecule has 14 heavy (non-hydrogen) atoms. The number of rotatable bonds is 5. The van der Waals surface area contributed by atoms with Gasteiger partial charge < -0.3 is 5.32 Å². The molecule has 1 fully saturated rings. The highest BCUT2D eigenvalue weighted by molar-refractivity contribution is 7.89. The Hall–Kier alpha value is -0.130. The van der Waals surface area contributed by atoms with Gasteiger partial charge >= 0.3 is 0 Å². The van der Waals surface area contributed by atoms with Crippen molar-refractivity contribution >= 4 is 10.0 Å². The average Bonchev–Trinajstić information content (AvgIpc) is 2.53. The molecule has 0 aliphatic heterocycles. The number of primary sulfonamides is 1. The first kappa shape index (κ1) is 11.9. The second-order valence-electron chi connectivity index (χ2n) is 4.15. The van der Waals surface area contributed by atoms with Crippen LogP contribution in [0.3, 0.4) is 0 Å². The molecule has 0 aromatic carbocycles. The molecule has 0 aromatic heterocycles. The molecule has 0 amide bonds. The van der Waals surface area contributed by atoms with Gasteiger partial charge in [-0.25, -0.2) is 13.6 Å². The van der Waals surface area contributed by atoms with E-state index in [0.29, 0.717) is 12.6 Å². The van der Waals surface area contributed by atoms with Crippen molar-refractivity contribution in [2.75, 3.05) is 12.3 Å². The maximum absolute atomic E-state index is 10.7. The number of hydrogen-bond donors (Lipinski definition) is 2. The quantitative estimate of drug-likeness (QED) is 0.706. The van der Waals surface area contributed by atoms with Crippen LogP contribution in [0.1, 0.15) is 32.6 Å². The summed E-state index contributed by atoms with van der Waals surface area (Å²) >= 11 is 0. The zero-order valence-electron chi connectivity index (χ0n) is 8.70. The summed E-state index contributed by atoms with van der Waals surface area (Å²) in [6.45, 7) is 2.59. The average molecular weight is 220 g/mol. The van der Waals surface area contributed by atoms with Crippen LogP contribution in [0.15, 0.2) is 0 Å². The topological polar surface area (TPSA) is 72.2 Å². The third-order valence-corrected chi connectivity index (χ3v) is 3.73. The summed E-state index contributed by atoms with van der Waals surface area (Å²) in [5.74, 6) is 0.750. The molecule has 1 aliphatic carbocycles. The minimum atomic E-state index is -3.31. The molecule has 84 valence electrons. The van der Waals surface area contributed by atoms with Gasteiger partial charge in [-0.3, -0.25) is 0 Å². The summed E-state index contributed by atoms with van der Waals surface area (Å²) < 4.78 is 21.3. The standard InChI is InChI=1S/C9H20N2O2S/c1-8(9-4-2-3-5-9)11-6-7-14(10,12)13/h8-9,11H,2-7H2,1H3,(H2,10,12,13)/t8-/m1/s1. The fraction of sp³-hybridized carbons (Fsp3) is 1.00. The lowest BCUT2D eigenvalue weighted by Gasteiger charge is -2.19. The predicted octanol–water partition coefficient (Wildman–Crippen LogP) is 0.443. The van der Waals surface area contributed by atoms with Crippen LogP contribution in [-0.4, -0.2) is 26.8 Å². The van der Waals surface area contributed by atoms with Gasteiger partial charge in [-0.1, -0.05) is 12.8 Å². The molecule has 0 saturated heterocycles. The van der Waals surface area contributed by atoms with Gasteiger partial charge in [-0.15, -0.1) is 0 Å². The van der Waals surface area contributed by atoms with Crippen LogP contribution in [-0.2, 0) is 10.0 Å². The number of nitrogens with two attached hydrogens (primary N) is 1. The first-order valence-electron chi connectivity index (χ1n) is 5.23. The van der Waals surface area contributed by atoms with Crippen molar-refractivity contribution < 1.29 is 8.42 Å². The molecular formula is C9H20N2O2S. The summed E-state index contributed by atoms with van der Waals surface area (Å²) in [6, 6.07) is 0.416. The van der Waals surface area contributed by atoms with Crippen LogP contribution in [0.4, 0.5) is 0 Å². The van der Waals surface area contributed by atoms with Crippen molar-refractivity contribution in [2.24, 2.45) is 11.1 Å². The van der Waals surface area contributed by atoms with E-state index in [1.165, 1.54) is 25.7 Å². The van der Waals surface area contributed by atoms with Crippen molar-refractivity contribution in [3.05, 3.63) is 0 Å². The first-order chi connectivity index (χ1) is 6.49. The Morgan fingerprint density at radius 3 is 2.50 bits per heavy atom. The van der Waals surface area contributed by atoms with E-state index in [0.717, 1.165) is 5.92 Å². The minimum absolute atomic E-state index is 0.0318. The molecule has 5 heteroatoms. The van der Waals surface area contributed by atoms with Gasteiger partial charge in [0, 0.05) is 12.6 Å². The van der Waals surface area contributed by atoms with Gasteiger partial charge in [-0.2, -0.15) is 0 Å². The Bertz CT molecular complexity index is 258. The molecule has 1 atom stereocenters. The normalized spacial score (nSPS) is 21.3. The summed E-state index contributed by atoms with van der Waals surface area (Å²) in [7, 11) is -3.31. The van der Waals surface area contributed by atoms with E-state index >= 15 is 0 Å². The molecule has 0 aromatic rings. The molecule has 0 spiro atoms. The van der Waals surface area contributed by atoms with Crippen molar-refractivity contribution in [1.82, 2.24) is 5.32 Å². The summed E-state index contributed by atoms with van der Waals surface area (Å²) in [5, 5.41) is 8.13. The lowest BCUT2D eigenvalue weighted by atomic mass is 10.00. The van der Waals surface area contributed by atoms with E-state index in [1.807, 2.05) is 0 Å². The van der Waals surface area contributed by atoms with E-state index in [2.05, 4.69) is 12.2 Å². The Balaban J connectivity index is 2.17. The smallest absolute Gasteiger partial charge is 0.210 e. The highest BCUT2D eigenvalue weighted by Crippen LogP contribution is 2.27. The van der Waals surface area contributed by atoms with Crippen LogP contribution in [0.25, 0.3) is 0 Å². The van der Waals surface area contributed by atoms with Gasteiger partial charge in [-0.05, 0) is 25.7 Å². The third kappa shape index (κ3) is 4.39. The lowest BCUT2D eigenvalue weighted by Crippen LogP contribution is -2.36. The molecule has 1 rings (SSSR count). The highest BCUT2D eigenvalue weighted by atomic mass is 32.2. The van der Waals surface area contributed by atoms with E-state index in [9.17, 15) is 8.42 Å². The Morgan fingerprint density at radius 2 is 2.00 bits per heavy atom. The number of sulfonamides is 1. The molecule has 0 radical (unpaired) electrons. The van der Waals surface area contributed by atoms with E-state index in [-0.39, 0.29) is 5.75 Å². The molecule has 3 N–H and O–H groups in total. The molecule has 0 bridgehead atoms. The van der Waals surface area contributed by atoms with Gasteiger partial charge in [0.1, 0.15) is 0 Å². The van der Waals surface area contributed by atoms with Crippen LogP contribution in [0.5, 0.6) is 0 Å². The van der Waals surface area contributed by atoms with Gasteiger partial charge in [0.2, 0.25) is 10.0 Å². The van der Waals surface area contributed by atoms with Crippen LogP contribution >= 0.6 is 0 Å². The highest BCUT2D eigenvalue weighted by Gasteiger charge is 2.20. The molecular weight excluding hydrogens is 200 g/mol. The Kier molecular flexibility index (Phi) is 4.34. The summed E-state index contributed by atoms with van der Waals surface area (Å²) in [5.41, 5.74) is 0. The summed E-state index contributed by atoms with van der Waals surface area (Å²) in [6.07, 6.45) is 5.16. The largest absolute Gasteiger partial charge is 0.313 e. The van der Waals surface area contributed by atoms with Crippen molar-refractivity contribution in [3.63, 3.8) is 0 Å². The monoisotopic (exact) mass is 220 g/mol. The SMILES string of the molecule is C[C@@H](NCCS(N)(=O)=O)C1CCCC1. The molecule has 1 saturated carbocycles.